The summed E-state index contributed by atoms with van der Waals surface area (Å²) in [4.78, 5) is 0. The summed E-state index contributed by atoms with van der Waals surface area (Å²) in [7, 11) is 0. The molecule has 0 amide bonds. The lowest BCUT2D eigenvalue weighted by molar-refractivity contribution is 0.174. The van der Waals surface area contributed by atoms with Crippen molar-refractivity contribution in [3.05, 3.63) is 22.7 Å². The number of nitrogens with two attached hydrogens (primary N) is 1. The Hall–Kier alpha value is -0.640. The molecule has 1 aromatic rings. The molecule has 2 rings (SSSR count). The molecule has 0 saturated carbocycles. The van der Waals surface area contributed by atoms with E-state index in [4.69, 9.17) is 26.8 Å². The maximum absolute atomic E-state index is 6.19. The minimum absolute atomic E-state index is 0. The number of rotatable bonds is 3. The maximum atomic E-state index is 6.19. The number of fused-ring (bicyclic) bond motifs is 1. The molecule has 0 aliphatic carbocycles. The Morgan fingerprint density at radius 2 is 1.94 bits per heavy atom. The van der Waals surface area contributed by atoms with E-state index in [2.05, 4.69) is 13.8 Å². The van der Waals surface area contributed by atoms with Crippen LogP contribution in [-0.4, -0.2) is 6.79 Å². The molecule has 1 aliphatic rings. The van der Waals surface area contributed by atoms with Gasteiger partial charge in [0.15, 0.2) is 11.5 Å². The number of hydrogen-bond donors (Lipinski definition) is 1. The van der Waals surface area contributed by atoms with Gasteiger partial charge in [0.1, 0.15) is 0 Å². The molecule has 3 nitrogen and oxygen atoms in total. The zero-order valence-corrected chi connectivity index (χ0v) is 11.5. The molecule has 0 radical (unpaired) electrons. The molecular formula is C12H17Cl2NO2. The van der Waals surface area contributed by atoms with E-state index in [1.807, 2.05) is 6.07 Å². The molecular weight excluding hydrogens is 261 g/mol. The zero-order valence-electron chi connectivity index (χ0n) is 9.90. The van der Waals surface area contributed by atoms with Crippen molar-refractivity contribution in [2.75, 3.05) is 6.79 Å². The smallest absolute Gasteiger partial charge is 0.231 e. The first-order valence-electron chi connectivity index (χ1n) is 5.48. The van der Waals surface area contributed by atoms with Gasteiger partial charge < -0.3 is 15.2 Å². The SMILES string of the molecule is CCC(C)[C@@H](N)c1cc2c(cc1Cl)OCO2.Cl. The number of halogens is 2. The molecule has 1 aromatic carbocycles. The zero-order chi connectivity index (χ0) is 11.7. The Morgan fingerprint density at radius 1 is 1.35 bits per heavy atom. The molecule has 1 aliphatic heterocycles. The van der Waals surface area contributed by atoms with E-state index in [1.54, 1.807) is 6.07 Å². The van der Waals surface area contributed by atoms with E-state index < -0.39 is 0 Å². The van der Waals surface area contributed by atoms with Crippen LogP contribution in [0.2, 0.25) is 5.02 Å². The molecule has 0 saturated heterocycles. The molecule has 5 heteroatoms. The number of benzene rings is 1. The predicted octanol–water partition coefficient (Wildman–Crippen LogP) is 3.54. The van der Waals surface area contributed by atoms with Gasteiger partial charge in [0.2, 0.25) is 6.79 Å². The average molecular weight is 278 g/mol. The van der Waals surface area contributed by atoms with E-state index >= 15 is 0 Å². The maximum Gasteiger partial charge on any atom is 0.231 e. The summed E-state index contributed by atoms with van der Waals surface area (Å²) >= 11 is 6.19. The lowest BCUT2D eigenvalue weighted by Gasteiger charge is -2.20. The van der Waals surface area contributed by atoms with Crippen LogP contribution in [0.1, 0.15) is 31.9 Å². The van der Waals surface area contributed by atoms with E-state index in [0.717, 1.165) is 17.7 Å². The second-order valence-electron chi connectivity index (χ2n) is 4.14. The topological polar surface area (TPSA) is 44.5 Å². The third-order valence-electron chi connectivity index (χ3n) is 3.11. The van der Waals surface area contributed by atoms with Crippen LogP contribution in [0.25, 0.3) is 0 Å². The van der Waals surface area contributed by atoms with Crippen LogP contribution in [0.3, 0.4) is 0 Å². The highest BCUT2D eigenvalue weighted by Gasteiger charge is 2.22. The van der Waals surface area contributed by atoms with Crippen molar-refractivity contribution < 1.29 is 9.47 Å². The van der Waals surface area contributed by atoms with Gasteiger partial charge in [-0.05, 0) is 17.5 Å². The second kappa shape index (κ2) is 5.80. The van der Waals surface area contributed by atoms with Crippen molar-refractivity contribution in [3.8, 4) is 11.5 Å². The first-order chi connectivity index (χ1) is 7.63. The minimum Gasteiger partial charge on any atom is -0.454 e. The van der Waals surface area contributed by atoms with Gasteiger partial charge in [-0.2, -0.15) is 0 Å². The molecule has 1 unspecified atom stereocenters. The van der Waals surface area contributed by atoms with Gasteiger partial charge in [0.25, 0.3) is 0 Å². The van der Waals surface area contributed by atoms with Gasteiger partial charge in [-0.3, -0.25) is 0 Å². The van der Waals surface area contributed by atoms with Crippen molar-refractivity contribution in [2.24, 2.45) is 11.7 Å². The molecule has 0 spiro atoms. The third-order valence-corrected chi connectivity index (χ3v) is 3.44. The monoisotopic (exact) mass is 277 g/mol. The molecule has 2 atom stereocenters. The fourth-order valence-electron chi connectivity index (χ4n) is 1.75. The van der Waals surface area contributed by atoms with Crippen LogP contribution in [0.4, 0.5) is 0 Å². The summed E-state index contributed by atoms with van der Waals surface area (Å²) in [5.41, 5.74) is 7.09. The number of ether oxygens (including phenoxy) is 2. The highest BCUT2D eigenvalue weighted by Crippen LogP contribution is 2.40. The summed E-state index contributed by atoms with van der Waals surface area (Å²) in [6, 6.07) is 3.61. The van der Waals surface area contributed by atoms with Gasteiger partial charge >= 0.3 is 0 Å². The first-order valence-corrected chi connectivity index (χ1v) is 5.86. The Bertz CT molecular complexity index is 398. The predicted molar refractivity (Wildman–Crippen MR) is 71.2 cm³/mol. The van der Waals surface area contributed by atoms with Crippen LogP contribution in [0, 0.1) is 5.92 Å². The van der Waals surface area contributed by atoms with Gasteiger partial charge in [-0.25, -0.2) is 0 Å². The van der Waals surface area contributed by atoms with Crippen LogP contribution < -0.4 is 15.2 Å². The van der Waals surface area contributed by atoms with Crippen LogP contribution in [0.15, 0.2) is 12.1 Å². The largest absolute Gasteiger partial charge is 0.454 e. The first kappa shape index (κ1) is 14.4. The second-order valence-corrected chi connectivity index (χ2v) is 4.55. The van der Waals surface area contributed by atoms with E-state index in [0.29, 0.717) is 16.7 Å². The highest BCUT2D eigenvalue weighted by molar-refractivity contribution is 6.31. The highest BCUT2D eigenvalue weighted by atomic mass is 35.5. The summed E-state index contributed by atoms with van der Waals surface area (Å²) in [6.07, 6.45) is 1.02. The summed E-state index contributed by atoms with van der Waals surface area (Å²) in [6.45, 7) is 4.49. The minimum atomic E-state index is -0.0630. The van der Waals surface area contributed by atoms with Crippen molar-refractivity contribution in [3.63, 3.8) is 0 Å². The van der Waals surface area contributed by atoms with Gasteiger partial charge in [-0.1, -0.05) is 31.9 Å². The summed E-state index contributed by atoms with van der Waals surface area (Å²) in [5.74, 6) is 1.82. The Morgan fingerprint density at radius 3 is 2.53 bits per heavy atom. The van der Waals surface area contributed by atoms with Gasteiger partial charge in [0.05, 0.1) is 0 Å². The quantitative estimate of drug-likeness (QED) is 0.919. The Balaban J connectivity index is 0.00000144. The molecule has 0 fully saturated rings. The molecule has 0 bridgehead atoms. The molecule has 1 heterocycles. The van der Waals surface area contributed by atoms with Crippen molar-refractivity contribution in [1.29, 1.82) is 0 Å². The third kappa shape index (κ3) is 2.79. The molecule has 96 valence electrons. The van der Waals surface area contributed by atoms with Crippen molar-refractivity contribution in [1.82, 2.24) is 0 Å². The number of hydrogen-bond acceptors (Lipinski definition) is 3. The van der Waals surface area contributed by atoms with Crippen molar-refractivity contribution >= 4 is 24.0 Å². The van der Waals surface area contributed by atoms with Crippen molar-refractivity contribution in [2.45, 2.75) is 26.3 Å². The fourth-order valence-corrected chi connectivity index (χ4v) is 2.03. The normalized spacial score (nSPS) is 16.2. The lowest BCUT2D eigenvalue weighted by atomic mass is 9.93. The van der Waals surface area contributed by atoms with E-state index in [9.17, 15) is 0 Å². The van der Waals surface area contributed by atoms with Crippen LogP contribution in [-0.2, 0) is 0 Å². The summed E-state index contributed by atoms with van der Waals surface area (Å²) in [5, 5.41) is 0.650. The summed E-state index contributed by atoms with van der Waals surface area (Å²) < 4.78 is 10.6. The van der Waals surface area contributed by atoms with Crippen LogP contribution >= 0.6 is 24.0 Å². The molecule has 2 N–H and O–H groups in total. The lowest BCUT2D eigenvalue weighted by Crippen LogP contribution is -2.18. The Kier molecular flexibility index (Phi) is 4.92. The fraction of sp³-hybridized carbons (Fsp3) is 0.500. The van der Waals surface area contributed by atoms with E-state index in [-0.39, 0.29) is 25.2 Å². The average Bonchev–Trinajstić information content (AvgIpc) is 2.72. The van der Waals surface area contributed by atoms with Gasteiger partial charge in [0, 0.05) is 17.1 Å². The molecule has 0 aromatic heterocycles. The van der Waals surface area contributed by atoms with E-state index in [1.165, 1.54) is 0 Å². The van der Waals surface area contributed by atoms with Gasteiger partial charge in [-0.15, -0.1) is 12.4 Å². The molecule has 17 heavy (non-hydrogen) atoms. The standard InChI is InChI=1S/C12H16ClNO2.ClH/c1-3-7(2)12(14)8-4-10-11(5-9(8)13)16-6-15-10;/h4-5,7,12H,3,6,14H2,1-2H3;1H/t7?,12-;/m1./s1. The van der Waals surface area contributed by atoms with Crippen LogP contribution in [0.5, 0.6) is 11.5 Å². The Labute approximate surface area is 113 Å².